The smallest absolute Gasteiger partial charge is 0.231 e. The van der Waals surface area contributed by atoms with Crippen LogP contribution in [-0.2, 0) is 11.3 Å². The number of rotatable bonds is 5. The van der Waals surface area contributed by atoms with E-state index in [1.165, 1.54) is 12.8 Å². The number of halogens is 1. The van der Waals surface area contributed by atoms with Crippen molar-refractivity contribution in [1.82, 2.24) is 10.2 Å². The number of nitrogens with one attached hydrogen (secondary N) is 1. The van der Waals surface area contributed by atoms with Crippen LogP contribution in [0.5, 0.6) is 11.5 Å². The fourth-order valence-corrected chi connectivity index (χ4v) is 3.09. The van der Waals surface area contributed by atoms with E-state index in [0.29, 0.717) is 18.9 Å². The van der Waals surface area contributed by atoms with Crippen LogP contribution in [-0.4, -0.2) is 37.7 Å². The van der Waals surface area contributed by atoms with Crippen molar-refractivity contribution in [2.75, 3.05) is 26.9 Å². The molecule has 0 atom stereocenters. The minimum atomic E-state index is 0. The molecule has 3 rings (SSSR count). The van der Waals surface area contributed by atoms with Crippen molar-refractivity contribution in [1.29, 1.82) is 0 Å². The Kier molecular flexibility index (Phi) is 6.54. The summed E-state index contributed by atoms with van der Waals surface area (Å²) >= 11 is 0. The van der Waals surface area contributed by atoms with Gasteiger partial charge in [0.1, 0.15) is 0 Å². The molecule has 23 heavy (non-hydrogen) atoms. The molecule has 5 nitrogen and oxygen atoms in total. The van der Waals surface area contributed by atoms with Gasteiger partial charge in [-0.3, -0.25) is 4.79 Å². The second-order valence-electron chi connectivity index (χ2n) is 6.17. The van der Waals surface area contributed by atoms with E-state index in [1.54, 1.807) is 4.90 Å². The molecule has 1 N–H and O–H groups in total. The topological polar surface area (TPSA) is 50.8 Å². The van der Waals surface area contributed by atoms with Gasteiger partial charge in [-0.15, -0.1) is 12.4 Å². The molecule has 2 heterocycles. The number of hydrogen-bond donors (Lipinski definition) is 1. The van der Waals surface area contributed by atoms with Gasteiger partial charge in [-0.2, -0.15) is 0 Å². The van der Waals surface area contributed by atoms with Gasteiger partial charge in [-0.25, -0.2) is 0 Å². The number of carbonyl (C=O) groups is 1. The zero-order valence-electron chi connectivity index (χ0n) is 13.5. The lowest BCUT2D eigenvalue weighted by Crippen LogP contribution is -2.30. The number of hydrogen-bond acceptors (Lipinski definition) is 4. The van der Waals surface area contributed by atoms with Crippen molar-refractivity contribution < 1.29 is 14.3 Å². The van der Waals surface area contributed by atoms with Gasteiger partial charge >= 0.3 is 0 Å². The normalized spacial score (nSPS) is 16.7. The molecule has 1 aromatic carbocycles. The highest BCUT2D eigenvalue weighted by Crippen LogP contribution is 2.32. The molecule has 1 fully saturated rings. The molecule has 6 heteroatoms. The molecule has 0 saturated carbocycles. The van der Waals surface area contributed by atoms with Crippen molar-refractivity contribution in [3.8, 4) is 11.5 Å². The number of ether oxygens (including phenoxy) is 2. The largest absolute Gasteiger partial charge is 0.454 e. The van der Waals surface area contributed by atoms with Gasteiger partial charge < -0.3 is 19.7 Å². The summed E-state index contributed by atoms with van der Waals surface area (Å²) in [6.07, 6.45) is 4.04. The molecule has 1 saturated heterocycles. The van der Waals surface area contributed by atoms with Gasteiger partial charge in [0.25, 0.3) is 0 Å². The van der Waals surface area contributed by atoms with Gasteiger partial charge in [0.2, 0.25) is 12.7 Å². The zero-order chi connectivity index (χ0) is 15.4. The highest BCUT2D eigenvalue weighted by atomic mass is 35.5. The second-order valence-corrected chi connectivity index (χ2v) is 6.17. The molecular formula is C17H25ClN2O3. The van der Waals surface area contributed by atoms with E-state index in [0.717, 1.165) is 36.6 Å². The third-order valence-electron chi connectivity index (χ3n) is 4.51. The van der Waals surface area contributed by atoms with E-state index < -0.39 is 0 Å². The average molecular weight is 341 g/mol. The number of piperidine rings is 1. The van der Waals surface area contributed by atoms with Gasteiger partial charge in [-0.1, -0.05) is 6.07 Å². The number of fused-ring (bicyclic) bond motifs is 1. The molecule has 2 aliphatic heterocycles. The van der Waals surface area contributed by atoms with Gasteiger partial charge in [0.05, 0.1) is 0 Å². The summed E-state index contributed by atoms with van der Waals surface area (Å²) in [6, 6.07) is 5.86. The summed E-state index contributed by atoms with van der Waals surface area (Å²) in [4.78, 5) is 14.1. The summed E-state index contributed by atoms with van der Waals surface area (Å²) < 4.78 is 10.7. The minimum absolute atomic E-state index is 0. The van der Waals surface area contributed by atoms with Crippen molar-refractivity contribution in [3.63, 3.8) is 0 Å². The molecule has 0 aromatic heterocycles. The summed E-state index contributed by atoms with van der Waals surface area (Å²) in [6.45, 7) is 3.07. The quantitative estimate of drug-likeness (QED) is 0.895. The van der Waals surface area contributed by atoms with Gasteiger partial charge in [0.15, 0.2) is 11.5 Å². The molecule has 0 radical (unpaired) electrons. The molecule has 0 spiro atoms. The van der Waals surface area contributed by atoms with E-state index in [2.05, 4.69) is 5.32 Å². The Morgan fingerprint density at radius 2 is 2.00 bits per heavy atom. The maximum absolute atomic E-state index is 12.3. The summed E-state index contributed by atoms with van der Waals surface area (Å²) in [5, 5.41) is 3.36. The standard InChI is InChI=1S/C17H24N2O3.ClH/c1-19(17(20)5-3-13-6-8-18-9-7-13)11-14-2-4-15-16(10-14)22-12-21-15;/h2,4,10,13,18H,3,5-9,11-12H2,1H3;1H. The van der Waals surface area contributed by atoms with Crippen LogP contribution in [0.25, 0.3) is 0 Å². The molecule has 0 unspecified atom stereocenters. The Labute approximate surface area is 143 Å². The first kappa shape index (κ1) is 17.9. The van der Waals surface area contributed by atoms with Crippen LogP contribution in [0.1, 0.15) is 31.2 Å². The van der Waals surface area contributed by atoms with Crippen molar-refractivity contribution in [2.45, 2.75) is 32.2 Å². The van der Waals surface area contributed by atoms with E-state index in [9.17, 15) is 4.79 Å². The Morgan fingerprint density at radius 1 is 1.26 bits per heavy atom. The second kappa shape index (κ2) is 8.41. The van der Waals surface area contributed by atoms with Crippen LogP contribution in [0.3, 0.4) is 0 Å². The van der Waals surface area contributed by atoms with E-state index in [-0.39, 0.29) is 25.1 Å². The first-order valence-electron chi connectivity index (χ1n) is 8.05. The fraction of sp³-hybridized carbons (Fsp3) is 0.588. The van der Waals surface area contributed by atoms with Gasteiger partial charge in [-0.05, 0) is 56.0 Å². The fourth-order valence-electron chi connectivity index (χ4n) is 3.09. The number of amides is 1. The van der Waals surface area contributed by atoms with E-state index in [1.807, 2.05) is 25.2 Å². The first-order valence-corrected chi connectivity index (χ1v) is 8.05. The number of benzene rings is 1. The Hall–Kier alpha value is -1.46. The minimum Gasteiger partial charge on any atom is -0.454 e. The van der Waals surface area contributed by atoms with Crippen LogP contribution in [0.4, 0.5) is 0 Å². The Balaban J connectivity index is 0.00000192. The highest BCUT2D eigenvalue weighted by molar-refractivity contribution is 5.85. The molecule has 2 aliphatic rings. The van der Waals surface area contributed by atoms with Gasteiger partial charge in [0, 0.05) is 20.0 Å². The van der Waals surface area contributed by atoms with E-state index in [4.69, 9.17) is 9.47 Å². The zero-order valence-corrected chi connectivity index (χ0v) is 14.4. The van der Waals surface area contributed by atoms with Crippen molar-refractivity contribution in [3.05, 3.63) is 23.8 Å². The third-order valence-corrected chi connectivity index (χ3v) is 4.51. The van der Waals surface area contributed by atoms with Crippen LogP contribution in [0.2, 0.25) is 0 Å². The SMILES string of the molecule is CN(Cc1ccc2c(c1)OCO2)C(=O)CCC1CCNCC1.Cl. The Bertz CT molecular complexity index is 533. The monoisotopic (exact) mass is 340 g/mol. The van der Waals surface area contributed by atoms with Crippen LogP contribution < -0.4 is 14.8 Å². The predicted molar refractivity (Wildman–Crippen MR) is 91.1 cm³/mol. The molecular weight excluding hydrogens is 316 g/mol. The Morgan fingerprint density at radius 3 is 2.78 bits per heavy atom. The molecule has 1 aromatic rings. The summed E-state index contributed by atoms with van der Waals surface area (Å²) in [7, 11) is 1.87. The maximum atomic E-state index is 12.3. The first-order chi connectivity index (χ1) is 10.7. The van der Waals surface area contributed by atoms with Crippen LogP contribution in [0.15, 0.2) is 18.2 Å². The average Bonchev–Trinajstić information content (AvgIpc) is 3.01. The van der Waals surface area contributed by atoms with Crippen LogP contribution >= 0.6 is 12.4 Å². The molecule has 0 aliphatic carbocycles. The van der Waals surface area contributed by atoms with Crippen molar-refractivity contribution in [2.24, 2.45) is 5.92 Å². The van der Waals surface area contributed by atoms with Crippen molar-refractivity contribution >= 4 is 18.3 Å². The van der Waals surface area contributed by atoms with Crippen LogP contribution in [0, 0.1) is 5.92 Å². The molecule has 128 valence electrons. The molecule has 0 bridgehead atoms. The molecule has 1 amide bonds. The number of carbonyl (C=O) groups excluding carboxylic acids is 1. The predicted octanol–water partition coefficient (Wildman–Crippen LogP) is 2.58. The number of nitrogens with zero attached hydrogens (tertiary/aromatic N) is 1. The lowest BCUT2D eigenvalue weighted by atomic mass is 9.93. The third kappa shape index (κ3) is 4.75. The maximum Gasteiger partial charge on any atom is 0.231 e. The lowest BCUT2D eigenvalue weighted by Gasteiger charge is -2.23. The highest BCUT2D eigenvalue weighted by Gasteiger charge is 2.18. The van der Waals surface area contributed by atoms with E-state index >= 15 is 0 Å². The summed E-state index contributed by atoms with van der Waals surface area (Å²) in [5.41, 5.74) is 1.07. The summed E-state index contributed by atoms with van der Waals surface area (Å²) in [5.74, 6) is 2.47. The lowest BCUT2D eigenvalue weighted by molar-refractivity contribution is -0.130.